The van der Waals surface area contributed by atoms with Crippen molar-refractivity contribution in [2.45, 2.75) is 6.54 Å². The van der Waals surface area contributed by atoms with Gasteiger partial charge in [0.15, 0.2) is 12.0 Å². The van der Waals surface area contributed by atoms with Crippen LogP contribution in [0.15, 0.2) is 67.0 Å². The van der Waals surface area contributed by atoms with Gasteiger partial charge in [0, 0.05) is 30.3 Å². The summed E-state index contributed by atoms with van der Waals surface area (Å²) in [5.41, 5.74) is 10.3. The zero-order chi connectivity index (χ0) is 21.6. The van der Waals surface area contributed by atoms with Gasteiger partial charge >= 0.3 is 5.88 Å². The number of aromatic amines is 1. The largest absolute Gasteiger partial charge is 0.442 e. The maximum absolute atomic E-state index is 6.36. The lowest BCUT2D eigenvalue weighted by molar-refractivity contribution is -0.394. The number of methoxy groups -OCH3 is 1. The Morgan fingerprint density at radius 1 is 1.06 bits per heavy atom. The van der Waals surface area contributed by atoms with Crippen molar-refractivity contribution in [1.82, 2.24) is 9.97 Å². The van der Waals surface area contributed by atoms with Gasteiger partial charge in [0.05, 0.1) is 36.1 Å². The number of anilines is 2. The molecule has 8 nitrogen and oxygen atoms in total. The smallest absolute Gasteiger partial charge is 0.366 e. The van der Waals surface area contributed by atoms with Crippen LogP contribution in [0.2, 0.25) is 0 Å². The third kappa shape index (κ3) is 4.88. The Hall–Kier alpha value is -3.75. The number of nitrogens with zero attached hydrogens (tertiary/aromatic N) is 3. The van der Waals surface area contributed by atoms with E-state index >= 15 is 0 Å². The van der Waals surface area contributed by atoms with Crippen molar-refractivity contribution in [2.24, 2.45) is 5.84 Å². The number of hydrogen-bond donors (Lipinski definition) is 2. The van der Waals surface area contributed by atoms with E-state index in [1.54, 1.807) is 24.5 Å². The summed E-state index contributed by atoms with van der Waals surface area (Å²) in [6, 6.07) is 17.5. The van der Waals surface area contributed by atoms with Crippen molar-refractivity contribution < 1.29 is 14.5 Å². The number of hydrazine groups is 1. The van der Waals surface area contributed by atoms with Crippen LogP contribution in [0.4, 0.5) is 11.5 Å². The van der Waals surface area contributed by atoms with Gasteiger partial charge in [0.25, 0.3) is 0 Å². The lowest BCUT2D eigenvalue weighted by atomic mass is 10.1. The summed E-state index contributed by atoms with van der Waals surface area (Å²) >= 11 is 0. The summed E-state index contributed by atoms with van der Waals surface area (Å²) in [7, 11) is 1.64. The zero-order valence-electron chi connectivity index (χ0n) is 17.3. The predicted molar refractivity (Wildman–Crippen MR) is 120 cm³/mol. The van der Waals surface area contributed by atoms with Crippen molar-refractivity contribution in [3.63, 3.8) is 0 Å². The first-order valence-corrected chi connectivity index (χ1v) is 9.90. The average molecular weight is 417 g/mol. The SMILES string of the molecule is COCCOc1cc(-c2ccc(N)c(N(N)Cc3ccc4ncccc4c3)n2)cc[nH+]1. The summed E-state index contributed by atoms with van der Waals surface area (Å²) in [5.74, 6) is 7.50. The van der Waals surface area contributed by atoms with Crippen LogP contribution in [0.25, 0.3) is 22.2 Å². The van der Waals surface area contributed by atoms with Gasteiger partial charge in [-0.2, -0.15) is 4.98 Å². The molecule has 0 atom stereocenters. The second-order valence-electron chi connectivity index (χ2n) is 7.05. The van der Waals surface area contributed by atoms with E-state index in [1.807, 2.05) is 48.5 Å². The molecule has 0 fully saturated rings. The summed E-state index contributed by atoms with van der Waals surface area (Å²) in [6.45, 7) is 1.42. The van der Waals surface area contributed by atoms with E-state index in [-0.39, 0.29) is 0 Å². The maximum Gasteiger partial charge on any atom is 0.366 e. The Bertz CT molecular complexity index is 1180. The molecule has 8 heteroatoms. The van der Waals surface area contributed by atoms with E-state index in [0.717, 1.165) is 27.7 Å². The molecule has 31 heavy (non-hydrogen) atoms. The van der Waals surface area contributed by atoms with E-state index in [1.165, 1.54) is 0 Å². The van der Waals surface area contributed by atoms with E-state index in [4.69, 9.17) is 26.0 Å². The van der Waals surface area contributed by atoms with Crippen LogP contribution < -0.4 is 26.3 Å². The molecule has 0 bridgehead atoms. The molecule has 0 spiro atoms. The number of hydrogen-bond acceptors (Lipinski definition) is 7. The van der Waals surface area contributed by atoms with Gasteiger partial charge in [-0.25, -0.2) is 10.8 Å². The predicted octanol–water partition coefficient (Wildman–Crippen LogP) is 2.60. The topological polar surface area (TPSA) is 114 Å². The lowest BCUT2D eigenvalue weighted by Gasteiger charge is -2.20. The highest BCUT2D eigenvalue weighted by atomic mass is 16.5. The van der Waals surface area contributed by atoms with E-state index in [2.05, 4.69) is 16.0 Å². The zero-order valence-corrected chi connectivity index (χ0v) is 17.3. The quantitative estimate of drug-likeness (QED) is 0.257. The molecule has 0 saturated heterocycles. The number of aromatic nitrogens is 3. The van der Waals surface area contributed by atoms with Gasteiger partial charge in [0.2, 0.25) is 0 Å². The molecule has 3 heterocycles. The molecule has 0 aliphatic rings. The number of nitrogens with one attached hydrogen (secondary N) is 1. The maximum atomic E-state index is 6.36. The minimum absolute atomic E-state index is 0.453. The monoisotopic (exact) mass is 417 g/mol. The molecular weight excluding hydrogens is 392 g/mol. The lowest BCUT2D eigenvalue weighted by Crippen LogP contribution is -2.31. The van der Waals surface area contributed by atoms with Gasteiger partial charge in [0.1, 0.15) is 6.61 Å². The third-order valence-electron chi connectivity index (χ3n) is 4.81. The van der Waals surface area contributed by atoms with Crippen molar-refractivity contribution in [3.05, 3.63) is 72.6 Å². The van der Waals surface area contributed by atoms with Crippen LogP contribution in [0.3, 0.4) is 0 Å². The third-order valence-corrected chi connectivity index (χ3v) is 4.81. The number of ether oxygens (including phenoxy) is 2. The highest BCUT2D eigenvalue weighted by Crippen LogP contribution is 2.26. The fourth-order valence-corrected chi connectivity index (χ4v) is 3.27. The highest BCUT2D eigenvalue weighted by molar-refractivity contribution is 5.79. The first-order valence-electron chi connectivity index (χ1n) is 9.90. The summed E-state index contributed by atoms with van der Waals surface area (Å²) in [5, 5.41) is 2.62. The molecule has 5 N–H and O–H groups in total. The fraction of sp³-hybridized carbons (Fsp3) is 0.174. The number of fused-ring (bicyclic) bond motifs is 1. The minimum atomic E-state index is 0.453. The second kappa shape index (κ2) is 9.38. The van der Waals surface area contributed by atoms with Crippen molar-refractivity contribution >= 4 is 22.4 Å². The summed E-state index contributed by atoms with van der Waals surface area (Å²) in [4.78, 5) is 12.1. The number of pyridine rings is 3. The standard InChI is InChI=1S/C23H24N6O2/c1-30-11-12-31-22-14-18(8-10-27-22)21-7-5-19(24)23(28-21)29(25)15-16-4-6-20-17(13-16)3-2-9-26-20/h2-10,13-14H,11-12,15,24-25H2,1H3/p+1. The molecule has 0 aliphatic heterocycles. The van der Waals surface area contributed by atoms with Crippen LogP contribution in [0.5, 0.6) is 5.88 Å². The van der Waals surface area contributed by atoms with Gasteiger partial charge in [-0.15, -0.1) is 0 Å². The number of H-pyrrole nitrogens is 1. The summed E-state index contributed by atoms with van der Waals surface area (Å²) in [6.07, 6.45) is 3.58. The molecule has 0 amide bonds. The first-order chi connectivity index (χ1) is 15.1. The fourth-order valence-electron chi connectivity index (χ4n) is 3.27. The Labute approximate surface area is 180 Å². The van der Waals surface area contributed by atoms with Crippen LogP contribution >= 0.6 is 0 Å². The van der Waals surface area contributed by atoms with Gasteiger partial charge < -0.3 is 15.2 Å². The molecular formula is C23H25N6O2+. The van der Waals surface area contributed by atoms with Gasteiger partial charge in [-0.3, -0.25) is 9.99 Å². The molecule has 0 aliphatic carbocycles. The Kier molecular flexibility index (Phi) is 6.21. The normalized spacial score (nSPS) is 10.9. The van der Waals surface area contributed by atoms with Gasteiger partial charge in [-0.1, -0.05) is 12.1 Å². The highest BCUT2D eigenvalue weighted by Gasteiger charge is 2.13. The Balaban J connectivity index is 1.56. The van der Waals surface area contributed by atoms with Crippen LogP contribution in [0.1, 0.15) is 5.56 Å². The first kappa shape index (κ1) is 20.5. The minimum Gasteiger partial charge on any atom is -0.442 e. The number of nitrogen functional groups attached to an aromatic ring is 1. The van der Waals surface area contributed by atoms with Crippen LogP contribution in [0, 0.1) is 0 Å². The molecule has 0 saturated carbocycles. The number of rotatable bonds is 8. The van der Waals surface area contributed by atoms with E-state index in [9.17, 15) is 0 Å². The Morgan fingerprint density at radius 3 is 2.84 bits per heavy atom. The molecule has 4 aromatic rings. The average Bonchev–Trinajstić information content (AvgIpc) is 2.79. The van der Waals surface area contributed by atoms with Crippen LogP contribution in [-0.4, -0.2) is 30.3 Å². The molecule has 0 radical (unpaired) electrons. The van der Waals surface area contributed by atoms with Crippen molar-refractivity contribution in [2.75, 3.05) is 31.1 Å². The van der Waals surface area contributed by atoms with Crippen LogP contribution in [-0.2, 0) is 11.3 Å². The van der Waals surface area contributed by atoms with Crippen molar-refractivity contribution in [1.29, 1.82) is 0 Å². The Morgan fingerprint density at radius 2 is 1.97 bits per heavy atom. The molecule has 1 aromatic carbocycles. The van der Waals surface area contributed by atoms with E-state index in [0.29, 0.717) is 37.1 Å². The number of nitrogens with two attached hydrogens (primary N) is 2. The molecule has 4 rings (SSSR count). The van der Waals surface area contributed by atoms with E-state index < -0.39 is 0 Å². The molecule has 0 unspecified atom stereocenters. The summed E-state index contributed by atoms with van der Waals surface area (Å²) < 4.78 is 10.7. The molecule has 3 aromatic heterocycles. The second-order valence-corrected chi connectivity index (χ2v) is 7.05. The molecule has 158 valence electrons. The van der Waals surface area contributed by atoms with Gasteiger partial charge in [-0.05, 0) is 35.9 Å². The van der Waals surface area contributed by atoms with Crippen molar-refractivity contribution in [3.8, 4) is 17.1 Å². The number of benzene rings is 1.